The number of hydrogen-bond acceptors (Lipinski definition) is 4. The Kier molecular flexibility index (Phi) is 7.05. The van der Waals surface area contributed by atoms with Crippen LogP contribution in [0.15, 0.2) is 30.3 Å². The zero-order valence-corrected chi connectivity index (χ0v) is 14.9. The first-order valence-electron chi connectivity index (χ1n) is 7.81. The van der Waals surface area contributed by atoms with Gasteiger partial charge in [-0.1, -0.05) is 54.3 Å². The van der Waals surface area contributed by atoms with Crippen LogP contribution in [0.25, 0.3) is 0 Å². The minimum Gasteiger partial charge on any atom is -0.358 e. The number of rotatable bonds is 6. The van der Waals surface area contributed by atoms with E-state index in [1.165, 1.54) is 18.7 Å². The van der Waals surface area contributed by atoms with Crippen molar-refractivity contribution in [2.75, 3.05) is 18.8 Å². The molecule has 0 radical (unpaired) electrons. The molecule has 1 aromatic rings. The van der Waals surface area contributed by atoms with Crippen LogP contribution >= 0.6 is 24.0 Å². The molecule has 1 aromatic carbocycles. The summed E-state index contributed by atoms with van der Waals surface area (Å²) in [6.07, 6.45) is 2.84. The maximum absolute atomic E-state index is 12.1. The first-order chi connectivity index (χ1) is 11.1. The number of amides is 1. The van der Waals surface area contributed by atoms with Gasteiger partial charge < -0.3 is 10.2 Å². The molecule has 1 aliphatic rings. The van der Waals surface area contributed by atoms with Crippen LogP contribution in [0.4, 0.5) is 0 Å². The van der Waals surface area contributed by atoms with Gasteiger partial charge in [-0.2, -0.15) is 0 Å². The molecule has 0 bridgehead atoms. The van der Waals surface area contributed by atoms with E-state index >= 15 is 0 Å². The summed E-state index contributed by atoms with van der Waals surface area (Å²) in [6, 6.07) is 9.22. The fourth-order valence-electron chi connectivity index (χ4n) is 2.50. The van der Waals surface area contributed by atoms with Crippen LogP contribution in [0.3, 0.4) is 0 Å². The lowest BCUT2D eigenvalue weighted by molar-refractivity contribution is -0.125. The van der Waals surface area contributed by atoms with Gasteiger partial charge in [-0.15, -0.1) is 0 Å². The Hall–Kier alpha value is -1.40. The Bertz CT molecular complexity index is 557. The topological polar surface area (TPSA) is 49.4 Å². The molecule has 1 amide bonds. The normalized spacial score (nSPS) is 15.3. The van der Waals surface area contributed by atoms with Crippen LogP contribution in [0.2, 0.25) is 0 Å². The van der Waals surface area contributed by atoms with Crippen LogP contribution in [-0.2, 0) is 16.0 Å². The number of carbonyl (C=O) groups excluding carboxylic acids is 2. The summed E-state index contributed by atoms with van der Waals surface area (Å²) in [5.41, 5.74) is 1.04. The van der Waals surface area contributed by atoms with Crippen LogP contribution < -0.4 is 5.32 Å². The van der Waals surface area contributed by atoms with Crippen molar-refractivity contribution in [3.05, 3.63) is 35.9 Å². The Labute approximate surface area is 147 Å². The molecule has 0 spiro atoms. The van der Waals surface area contributed by atoms with Crippen molar-refractivity contribution >= 4 is 40.0 Å². The Morgan fingerprint density at radius 1 is 1.26 bits per heavy atom. The Morgan fingerprint density at radius 3 is 2.52 bits per heavy atom. The van der Waals surface area contributed by atoms with E-state index in [0.29, 0.717) is 6.42 Å². The molecule has 1 saturated heterocycles. The van der Waals surface area contributed by atoms with Gasteiger partial charge in [-0.05, 0) is 31.7 Å². The Morgan fingerprint density at radius 2 is 1.91 bits per heavy atom. The summed E-state index contributed by atoms with van der Waals surface area (Å²) >= 11 is 6.72. The average Bonchev–Trinajstić information content (AvgIpc) is 3.07. The molecule has 0 saturated carbocycles. The molecular weight excluding hydrogens is 328 g/mol. The van der Waals surface area contributed by atoms with Crippen LogP contribution in [0.1, 0.15) is 25.3 Å². The third-order valence-electron chi connectivity index (χ3n) is 3.80. The fraction of sp³-hybridized carbons (Fsp3) is 0.471. The number of nitrogens with one attached hydrogen (secondary N) is 1. The van der Waals surface area contributed by atoms with E-state index in [9.17, 15) is 9.59 Å². The van der Waals surface area contributed by atoms with E-state index in [1.807, 2.05) is 30.3 Å². The summed E-state index contributed by atoms with van der Waals surface area (Å²) in [7, 11) is 0. The van der Waals surface area contributed by atoms with Gasteiger partial charge in [-0.25, -0.2) is 0 Å². The summed E-state index contributed by atoms with van der Waals surface area (Å²) in [4.78, 5) is 26.0. The number of Topliss-reactive ketones (excluding diaryl/α,β-unsaturated/α-hetero) is 1. The van der Waals surface area contributed by atoms with Gasteiger partial charge in [-0.3, -0.25) is 9.59 Å². The maximum Gasteiger partial charge on any atom is 0.231 e. The number of ketones is 1. The first-order valence-corrected chi connectivity index (χ1v) is 9.21. The molecule has 0 aromatic heterocycles. The summed E-state index contributed by atoms with van der Waals surface area (Å²) in [5, 5.41) is 2.82. The van der Waals surface area contributed by atoms with Gasteiger partial charge in [0.05, 0.1) is 11.8 Å². The van der Waals surface area contributed by atoms with Crippen molar-refractivity contribution in [2.45, 2.75) is 32.2 Å². The highest BCUT2D eigenvalue weighted by Crippen LogP contribution is 2.16. The fourth-order valence-corrected chi connectivity index (χ4v) is 3.56. The van der Waals surface area contributed by atoms with Crippen molar-refractivity contribution in [1.29, 1.82) is 0 Å². The standard InChI is InChI=1S/C17H22N2O2S2/c1-13(20)15(11-14-7-3-2-4-8-14)18-16(21)12-23-17(22)19-9-5-6-10-19/h2-4,7-8,15H,5-6,9-12H2,1H3,(H,18,21). The lowest BCUT2D eigenvalue weighted by Crippen LogP contribution is -2.42. The van der Waals surface area contributed by atoms with Gasteiger partial charge in [0, 0.05) is 13.1 Å². The second kappa shape index (κ2) is 9.03. The summed E-state index contributed by atoms with van der Waals surface area (Å²) < 4.78 is 0.778. The molecule has 1 heterocycles. The lowest BCUT2D eigenvalue weighted by Gasteiger charge is -2.19. The van der Waals surface area contributed by atoms with Gasteiger partial charge >= 0.3 is 0 Å². The monoisotopic (exact) mass is 350 g/mol. The predicted octanol–water partition coefficient (Wildman–Crippen LogP) is 2.42. The first kappa shape index (κ1) is 17.9. The van der Waals surface area contributed by atoms with Gasteiger partial charge in [0.1, 0.15) is 4.32 Å². The number of carbonyl (C=O) groups is 2. The van der Waals surface area contributed by atoms with Crippen LogP contribution in [-0.4, -0.2) is 45.8 Å². The second-order valence-corrected chi connectivity index (χ2v) is 7.28. The highest BCUT2D eigenvalue weighted by molar-refractivity contribution is 8.23. The number of hydrogen-bond donors (Lipinski definition) is 1. The number of benzene rings is 1. The van der Waals surface area contributed by atoms with Crippen molar-refractivity contribution in [1.82, 2.24) is 10.2 Å². The predicted molar refractivity (Wildman–Crippen MR) is 98.6 cm³/mol. The number of nitrogens with zero attached hydrogens (tertiary/aromatic N) is 1. The van der Waals surface area contributed by atoms with Crippen LogP contribution in [0, 0.1) is 0 Å². The van der Waals surface area contributed by atoms with Crippen molar-refractivity contribution in [2.24, 2.45) is 0 Å². The quantitative estimate of drug-likeness (QED) is 0.799. The van der Waals surface area contributed by atoms with E-state index in [1.54, 1.807) is 0 Å². The third kappa shape index (κ3) is 5.95. The second-order valence-electron chi connectivity index (χ2n) is 5.67. The molecule has 1 atom stereocenters. The van der Waals surface area contributed by atoms with Crippen molar-refractivity contribution in [3.8, 4) is 0 Å². The molecular formula is C17H22N2O2S2. The highest BCUT2D eigenvalue weighted by Gasteiger charge is 2.20. The van der Waals surface area contributed by atoms with Crippen LogP contribution in [0.5, 0.6) is 0 Å². The number of thioether (sulfide) groups is 1. The zero-order valence-electron chi connectivity index (χ0n) is 13.3. The Balaban J connectivity index is 1.81. The van der Waals surface area contributed by atoms with Crippen molar-refractivity contribution < 1.29 is 9.59 Å². The van der Waals surface area contributed by atoms with Crippen molar-refractivity contribution in [3.63, 3.8) is 0 Å². The van der Waals surface area contributed by atoms with E-state index in [0.717, 1.165) is 35.8 Å². The molecule has 0 aliphatic carbocycles. The van der Waals surface area contributed by atoms with E-state index in [2.05, 4.69) is 10.2 Å². The summed E-state index contributed by atoms with van der Waals surface area (Å²) in [6.45, 7) is 3.48. The van der Waals surface area contributed by atoms with Gasteiger partial charge in [0.2, 0.25) is 5.91 Å². The average molecular weight is 351 g/mol. The zero-order chi connectivity index (χ0) is 16.7. The van der Waals surface area contributed by atoms with Gasteiger partial charge in [0.15, 0.2) is 5.78 Å². The maximum atomic E-state index is 12.1. The molecule has 1 N–H and O–H groups in total. The molecule has 124 valence electrons. The van der Waals surface area contributed by atoms with E-state index in [-0.39, 0.29) is 17.4 Å². The summed E-state index contributed by atoms with van der Waals surface area (Å²) in [5.74, 6) is 0.0791. The SMILES string of the molecule is CC(=O)C(Cc1ccccc1)NC(=O)CSC(=S)N1CCCC1. The molecule has 1 aliphatic heterocycles. The van der Waals surface area contributed by atoms with E-state index < -0.39 is 6.04 Å². The number of thiocarbonyl (C=S) groups is 1. The minimum absolute atomic E-state index is 0.0330. The van der Waals surface area contributed by atoms with Gasteiger partial charge in [0.25, 0.3) is 0 Å². The molecule has 2 rings (SSSR count). The van der Waals surface area contributed by atoms with E-state index in [4.69, 9.17) is 12.2 Å². The molecule has 1 unspecified atom stereocenters. The largest absolute Gasteiger partial charge is 0.358 e. The highest BCUT2D eigenvalue weighted by atomic mass is 32.2. The lowest BCUT2D eigenvalue weighted by atomic mass is 10.0. The minimum atomic E-state index is -0.481. The molecule has 1 fully saturated rings. The number of likely N-dealkylation sites (tertiary alicyclic amines) is 1. The molecule has 4 nitrogen and oxygen atoms in total. The molecule has 6 heteroatoms. The third-order valence-corrected chi connectivity index (χ3v) is 5.32. The molecule has 23 heavy (non-hydrogen) atoms. The smallest absolute Gasteiger partial charge is 0.231 e.